The van der Waals surface area contributed by atoms with Gasteiger partial charge in [0, 0.05) is 29.7 Å². The van der Waals surface area contributed by atoms with Gasteiger partial charge in [-0.3, -0.25) is 9.36 Å². The summed E-state index contributed by atoms with van der Waals surface area (Å²) in [5.74, 6) is -1.58. The van der Waals surface area contributed by atoms with Gasteiger partial charge in [-0.15, -0.1) is 11.3 Å². The average Bonchev–Trinajstić information content (AvgIpc) is 3.33. The molecule has 0 aliphatic heterocycles. The fourth-order valence-electron chi connectivity index (χ4n) is 4.53. The highest BCUT2D eigenvalue weighted by molar-refractivity contribution is 7.22. The van der Waals surface area contributed by atoms with Gasteiger partial charge in [-0.2, -0.15) is 0 Å². The Morgan fingerprint density at radius 2 is 1.55 bits per heavy atom. The van der Waals surface area contributed by atoms with Gasteiger partial charge in [0.1, 0.15) is 16.5 Å². The van der Waals surface area contributed by atoms with E-state index in [0.29, 0.717) is 33.2 Å². The topological polar surface area (TPSA) is 97.2 Å². The molecule has 0 aliphatic carbocycles. The highest BCUT2D eigenvalue weighted by atomic mass is 32.1. The molecule has 40 heavy (non-hydrogen) atoms. The number of urea groups is 1. The van der Waals surface area contributed by atoms with Crippen molar-refractivity contribution in [3.05, 3.63) is 116 Å². The lowest BCUT2D eigenvalue weighted by molar-refractivity contribution is 0.254. The summed E-state index contributed by atoms with van der Waals surface area (Å²) in [7, 11) is 3.25. The molecule has 11 heteroatoms. The summed E-state index contributed by atoms with van der Waals surface area (Å²) in [4.78, 5) is 40.5. The SMILES string of the molecule is CNCc1c(-c2ccc(NC(=O)NC)cc2)sc2c1c(=O)n(-c1ccccc1)c(=O)n2Cc1c(F)cccc1F. The van der Waals surface area contributed by atoms with Gasteiger partial charge in [0.15, 0.2) is 0 Å². The van der Waals surface area contributed by atoms with Crippen LogP contribution in [0.4, 0.5) is 19.3 Å². The number of hydrogen-bond donors (Lipinski definition) is 3. The summed E-state index contributed by atoms with van der Waals surface area (Å²) < 4.78 is 31.7. The van der Waals surface area contributed by atoms with Crippen molar-refractivity contribution in [2.24, 2.45) is 0 Å². The van der Waals surface area contributed by atoms with Gasteiger partial charge in [-0.25, -0.2) is 22.9 Å². The fraction of sp³-hybridized carbons (Fsp3) is 0.138. The Bertz CT molecular complexity index is 1810. The number of amides is 2. The number of thiophene rings is 1. The number of anilines is 1. The third kappa shape index (κ3) is 4.92. The number of halogens is 2. The number of rotatable bonds is 7. The van der Waals surface area contributed by atoms with Crippen molar-refractivity contribution >= 4 is 33.3 Å². The van der Waals surface area contributed by atoms with E-state index in [2.05, 4.69) is 16.0 Å². The Balaban J connectivity index is 1.80. The number of benzene rings is 3. The molecular formula is C29H25F2N5O3S. The molecule has 2 aromatic heterocycles. The van der Waals surface area contributed by atoms with E-state index >= 15 is 0 Å². The first-order chi connectivity index (χ1) is 19.3. The summed E-state index contributed by atoms with van der Waals surface area (Å²) >= 11 is 1.20. The van der Waals surface area contributed by atoms with Crippen LogP contribution < -0.4 is 27.2 Å². The van der Waals surface area contributed by atoms with Crippen molar-refractivity contribution in [3.63, 3.8) is 0 Å². The minimum absolute atomic E-state index is 0.279. The highest BCUT2D eigenvalue weighted by Crippen LogP contribution is 2.38. The number of para-hydroxylation sites is 1. The fourth-order valence-corrected chi connectivity index (χ4v) is 5.84. The Hall–Kier alpha value is -4.61. The van der Waals surface area contributed by atoms with Gasteiger partial charge in [-0.05, 0) is 54.6 Å². The lowest BCUT2D eigenvalue weighted by Crippen LogP contribution is -2.39. The minimum atomic E-state index is -0.788. The average molecular weight is 562 g/mol. The third-order valence-corrected chi connectivity index (χ3v) is 7.75. The zero-order valence-electron chi connectivity index (χ0n) is 21.6. The summed E-state index contributed by atoms with van der Waals surface area (Å²) in [6.07, 6.45) is 0. The van der Waals surface area contributed by atoms with Crippen molar-refractivity contribution in [1.29, 1.82) is 0 Å². The second kappa shape index (κ2) is 11.2. The molecule has 0 saturated heterocycles. The summed E-state index contributed by atoms with van der Waals surface area (Å²) in [6, 6.07) is 18.6. The molecule has 0 spiro atoms. The number of carbonyl (C=O) groups is 1. The van der Waals surface area contributed by atoms with E-state index in [9.17, 15) is 23.2 Å². The normalized spacial score (nSPS) is 11.1. The number of fused-ring (bicyclic) bond motifs is 1. The molecule has 0 fully saturated rings. The molecule has 0 bridgehead atoms. The lowest BCUT2D eigenvalue weighted by atomic mass is 10.1. The summed E-state index contributed by atoms with van der Waals surface area (Å²) in [5.41, 5.74) is 0.788. The molecular weight excluding hydrogens is 536 g/mol. The van der Waals surface area contributed by atoms with Crippen molar-refractivity contribution in [2.75, 3.05) is 19.4 Å². The zero-order chi connectivity index (χ0) is 28.4. The molecule has 5 aromatic rings. The van der Waals surface area contributed by atoms with Crippen LogP contribution >= 0.6 is 11.3 Å². The molecule has 0 radical (unpaired) electrons. The van der Waals surface area contributed by atoms with Crippen molar-refractivity contribution in [2.45, 2.75) is 13.1 Å². The number of nitrogens with one attached hydrogen (secondary N) is 3. The number of nitrogens with zero attached hydrogens (tertiary/aromatic N) is 2. The Morgan fingerprint density at radius 3 is 2.17 bits per heavy atom. The van der Waals surface area contributed by atoms with Gasteiger partial charge >= 0.3 is 11.7 Å². The monoisotopic (exact) mass is 561 g/mol. The van der Waals surface area contributed by atoms with Crippen LogP contribution in [0.1, 0.15) is 11.1 Å². The smallest absolute Gasteiger partial charge is 0.337 e. The molecule has 5 rings (SSSR count). The molecule has 0 aliphatic rings. The van der Waals surface area contributed by atoms with Gasteiger partial charge < -0.3 is 16.0 Å². The van der Waals surface area contributed by atoms with Gasteiger partial charge in [-0.1, -0.05) is 36.4 Å². The maximum atomic E-state index is 14.7. The van der Waals surface area contributed by atoms with Gasteiger partial charge in [0.05, 0.1) is 17.6 Å². The van der Waals surface area contributed by atoms with Crippen LogP contribution in [0.5, 0.6) is 0 Å². The van der Waals surface area contributed by atoms with Crippen LogP contribution in [0.2, 0.25) is 0 Å². The van der Waals surface area contributed by atoms with E-state index in [4.69, 9.17) is 0 Å². The van der Waals surface area contributed by atoms with E-state index < -0.39 is 29.4 Å². The van der Waals surface area contributed by atoms with Gasteiger partial charge in [0.25, 0.3) is 5.56 Å². The Kier molecular flexibility index (Phi) is 7.58. The number of hydrogen-bond acceptors (Lipinski definition) is 5. The van der Waals surface area contributed by atoms with Crippen molar-refractivity contribution < 1.29 is 13.6 Å². The molecule has 2 amide bonds. The van der Waals surface area contributed by atoms with E-state index in [1.165, 1.54) is 29.0 Å². The van der Waals surface area contributed by atoms with Crippen LogP contribution in [-0.2, 0) is 13.1 Å². The van der Waals surface area contributed by atoms with Gasteiger partial charge in [0.2, 0.25) is 0 Å². The van der Waals surface area contributed by atoms with E-state index in [0.717, 1.165) is 22.3 Å². The first-order valence-electron chi connectivity index (χ1n) is 12.4. The molecule has 3 N–H and O–H groups in total. The lowest BCUT2D eigenvalue weighted by Gasteiger charge is -2.13. The largest absolute Gasteiger partial charge is 0.341 e. The van der Waals surface area contributed by atoms with Crippen LogP contribution in [-0.4, -0.2) is 29.3 Å². The minimum Gasteiger partial charge on any atom is -0.341 e. The van der Waals surface area contributed by atoms with E-state index in [1.807, 2.05) is 0 Å². The number of aromatic nitrogens is 2. The highest BCUT2D eigenvalue weighted by Gasteiger charge is 2.24. The standard InChI is InChI=1S/C29H25F2N5O3S/c1-32-15-20-24-26(37)36(19-7-4-3-5-8-19)29(39)35(16-21-22(30)9-6-10-23(21)31)27(24)40-25(20)17-11-13-18(14-12-17)34-28(38)33-2/h3-14,32H,15-16H2,1-2H3,(H2,33,34,38). The summed E-state index contributed by atoms with van der Waals surface area (Å²) in [6.45, 7) is -0.112. The molecule has 0 saturated carbocycles. The zero-order valence-corrected chi connectivity index (χ0v) is 22.4. The Labute approximate surface area is 231 Å². The van der Waals surface area contributed by atoms with E-state index in [-0.39, 0.29) is 17.0 Å². The maximum Gasteiger partial charge on any atom is 0.337 e. The van der Waals surface area contributed by atoms with Crippen molar-refractivity contribution in [3.8, 4) is 16.1 Å². The molecule has 0 unspecified atom stereocenters. The molecule has 2 heterocycles. The predicted molar refractivity (Wildman–Crippen MR) is 153 cm³/mol. The predicted octanol–water partition coefficient (Wildman–Crippen LogP) is 4.68. The van der Waals surface area contributed by atoms with Crippen LogP contribution in [0.15, 0.2) is 82.4 Å². The molecule has 8 nitrogen and oxygen atoms in total. The third-order valence-electron chi connectivity index (χ3n) is 6.45. The van der Waals surface area contributed by atoms with Crippen molar-refractivity contribution in [1.82, 2.24) is 19.8 Å². The van der Waals surface area contributed by atoms with Crippen LogP contribution in [0, 0.1) is 11.6 Å². The van der Waals surface area contributed by atoms with Crippen LogP contribution in [0.3, 0.4) is 0 Å². The first kappa shape index (κ1) is 27.0. The molecule has 3 aromatic carbocycles. The van der Waals surface area contributed by atoms with E-state index in [1.54, 1.807) is 61.6 Å². The number of carbonyl (C=O) groups excluding carboxylic acids is 1. The second-order valence-electron chi connectivity index (χ2n) is 8.95. The molecule has 0 atom stereocenters. The Morgan fingerprint density at radius 1 is 0.875 bits per heavy atom. The quantitative estimate of drug-likeness (QED) is 0.269. The summed E-state index contributed by atoms with van der Waals surface area (Å²) in [5, 5.41) is 8.56. The van der Waals surface area contributed by atoms with Crippen LogP contribution in [0.25, 0.3) is 26.3 Å². The maximum absolute atomic E-state index is 14.7. The molecule has 204 valence electrons. The first-order valence-corrected chi connectivity index (χ1v) is 13.2. The second-order valence-corrected chi connectivity index (χ2v) is 9.95.